The van der Waals surface area contributed by atoms with Crippen LogP contribution in [0.4, 0.5) is 0 Å². The molecule has 0 bridgehead atoms. The minimum absolute atomic E-state index is 0.0289. The van der Waals surface area contributed by atoms with Crippen molar-refractivity contribution < 1.29 is 0 Å². The number of benzene rings is 1. The van der Waals surface area contributed by atoms with Crippen LogP contribution in [0.25, 0.3) is 16.3 Å². The molecule has 2 aromatic rings. The van der Waals surface area contributed by atoms with E-state index in [1.165, 1.54) is 6.21 Å². The van der Waals surface area contributed by atoms with Gasteiger partial charge in [0.15, 0.2) is 0 Å². The molecule has 0 spiro atoms. The second-order valence-electron chi connectivity index (χ2n) is 4.19. The highest BCUT2D eigenvalue weighted by atomic mass is 79.9. The molecule has 0 atom stereocenters. The number of allylic oxidation sites excluding steroid dienone is 1. The summed E-state index contributed by atoms with van der Waals surface area (Å²) in [6.07, 6.45) is 4.79. The normalized spacial score (nSPS) is 11.6. The van der Waals surface area contributed by atoms with Gasteiger partial charge in [-0.3, -0.25) is 4.79 Å². The van der Waals surface area contributed by atoms with Crippen molar-refractivity contribution in [3.8, 4) is 0 Å². The molecule has 0 saturated heterocycles. The summed E-state index contributed by atoms with van der Waals surface area (Å²) in [5.74, 6) is 0. The van der Waals surface area contributed by atoms with E-state index < -0.39 is 0 Å². The molecule has 0 aliphatic rings. The number of hydrogen-bond acceptors (Lipinski definition) is 3. The number of hydrogen-bond donors (Lipinski definition) is 2. The zero-order valence-electron chi connectivity index (χ0n) is 10.7. The quantitative estimate of drug-likeness (QED) is 0.854. The zero-order valence-corrected chi connectivity index (χ0v) is 12.3. The molecule has 1 heterocycles. The van der Waals surface area contributed by atoms with Crippen LogP contribution >= 0.6 is 15.9 Å². The van der Waals surface area contributed by atoms with Gasteiger partial charge in [0.1, 0.15) is 0 Å². The summed E-state index contributed by atoms with van der Waals surface area (Å²) in [5.41, 5.74) is 1.63. The summed E-state index contributed by atoms with van der Waals surface area (Å²) < 4.78 is 2.41. The third-order valence-corrected chi connectivity index (χ3v) is 3.56. The first-order valence-corrected chi connectivity index (χ1v) is 6.55. The van der Waals surface area contributed by atoms with Crippen molar-refractivity contribution in [3.05, 3.63) is 51.0 Å². The standard InChI is InChI=1S/C14H14BrN3O/c1-17-7-10(6-16)9-3-4-11-12(5-9)13(15)8-18(2)14(11)19/h3-8,16-17H,1-2H3/b10-7+,16-6?. The number of nitrogens with zero attached hydrogens (tertiary/aromatic N) is 1. The van der Waals surface area contributed by atoms with Gasteiger partial charge in [-0.15, -0.1) is 0 Å². The van der Waals surface area contributed by atoms with Crippen molar-refractivity contribution >= 4 is 38.5 Å². The van der Waals surface area contributed by atoms with E-state index in [0.717, 1.165) is 21.0 Å². The molecule has 0 saturated carbocycles. The highest BCUT2D eigenvalue weighted by Gasteiger charge is 2.07. The number of fused-ring (bicyclic) bond motifs is 1. The van der Waals surface area contributed by atoms with E-state index >= 15 is 0 Å². The fraction of sp³-hybridized carbons (Fsp3) is 0.143. The van der Waals surface area contributed by atoms with Crippen LogP contribution in [0.5, 0.6) is 0 Å². The molecule has 98 valence electrons. The second-order valence-corrected chi connectivity index (χ2v) is 5.04. The molecule has 2 rings (SSSR count). The van der Waals surface area contributed by atoms with E-state index in [1.807, 2.05) is 12.1 Å². The number of nitrogens with one attached hydrogen (secondary N) is 2. The lowest BCUT2D eigenvalue weighted by molar-refractivity contribution is 0.869. The van der Waals surface area contributed by atoms with Gasteiger partial charge in [-0.2, -0.15) is 0 Å². The molecule has 1 aromatic heterocycles. The van der Waals surface area contributed by atoms with E-state index in [-0.39, 0.29) is 5.56 Å². The first-order chi connectivity index (χ1) is 9.08. The van der Waals surface area contributed by atoms with E-state index in [4.69, 9.17) is 5.41 Å². The number of pyridine rings is 1. The van der Waals surface area contributed by atoms with Crippen LogP contribution < -0.4 is 10.9 Å². The zero-order chi connectivity index (χ0) is 14.0. The minimum atomic E-state index is -0.0289. The number of halogens is 1. The Bertz CT molecular complexity index is 731. The smallest absolute Gasteiger partial charge is 0.258 e. The van der Waals surface area contributed by atoms with Crippen LogP contribution in [0.15, 0.2) is 39.9 Å². The third kappa shape index (κ3) is 2.46. The summed E-state index contributed by atoms with van der Waals surface area (Å²) in [4.78, 5) is 12.0. The fourth-order valence-corrected chi connectivity index (χ4v) is 2.60. The molecular formula is C14H14BrN3O. The van der Waals surface area contributed by atoms with Gasteiger partial charge in [-0.1, -0.05) is 6.07 Å². The Balaban J connectivity index is 2.75. The van der Waals surface area contributed by atoms with Crippen LogP contribution in [0.2, 0.25) is 0 Å². The van der Waals surface area contributed by atoms with Crippen molar-refractivity contribution in [2.45, 2.75) is 0 Å². The maximum Gasteiger partial charge on any atom is 0.258 e. The van der Waals surface area contributed by atoms with E-state index in [9.17, 15) is 4.79 Å². The van der Waals surface area contributed by atoms with Crippen LogP contribution in [-0.2, 0) is 7.05 Å². The molecule has 5 heteroatoms. The third-order valence-electron chi connectivity index (χ3n) is 2.92. The average molecular weight is 320 g/mol. The molecule has 0 radical (unpaired) electrons. The van der Waals surface area contributed by atoms with Gasteiger partial charge in [0.25, 0.3) is 5.56 Å². The SMILES string of the molecule is CN/C=C(\C=N)c1ccc2c(=O)n(C)cc(Br)c2c1. The Morgan fingerprint density at radius 3 is 2.79 bits per heavy atom. The van der Waals surface area contributed by atoms with Crippen molar-refractivity contribution in [2.24, 2.45) is 7.05 Å². The van der Waals surface area contributed by atoms with Crippen molar-refractivity contribution in [2.75, 3.05) is 7.05 Å². The van der Waals surface area contributed by atoms with Crippen LogP contribution in [0, 0.1) is 5.41 Å². The molecule has 19 heavy (non-hydrogen) atoms. The molecule has 1 aromatic carbocycles. The highest BCUT2D eigenvalue weighted by molar-refractivity contribution is 9.10. The summed E-state index contributed by atoms with van der Waals surface area (Å²) >= 11 is 3.47. The lowest BCUT2D eigenvalue weighted by atomic mass is 10.0. The molecular weight excluding hydrogens is 306 g/mol. The predicted octanol–water partition coefficient (Wildman–Crippen LogP) is 2.51. The topological polar surface area (TPSA) is 57.9 Å². The van der Waals surface area contributed by atoms with E-state index in [0.29, 0.717) is 5.39 Å². The Hall–Kier alpha value is -1.88. The molecule has 0 aliphatic heterocycles. The van der Waals surface area contributed by atoms with Crippen LogP contribution in [0.3, 0.4) is 0 Å². The summed E-state index contributed by atoms with van der Waals surface area (Å²) in [6, 6.07) is 5.56. The molecule has 0 fully saturated rings. The van der Waals surface area contributed by atoms with Gasteiger partial charge >= 0.3 is 0 Å². The highest BCUT2D eigenvalue weighted by Crippen LogP contribution is 2.24. The van der Waals surface area contributed by atoms with E-state index in [1.54, 1.807) is 37.1 Å². The molecule has 0 aliphatic carbocycles. The van der Waals surface area contributed by atoms with Crippen molar-refractivity contribution in [3.63, 3.8) is 0 Å². The molecule has 4 nitrogen and oxygen atoms in total. The first kappa shape index (κ1) is 13.5. The second kappa shape index (κ2) is 5.40. The molecule has 0 unspecified atom stereocenters. The molecule has 2 N–H and O–H groups in total. The van der Waals surface area contributed by atoms with Gasteiger partial charge in [0.2, 0.25) is 0 Å². The number of aromatic nitrogens is 1. The Morgan fingerprint density at radius 1 is 1.42 bits per heavy atom. The molecule has 0 amide bonds. The fourth-order valence-electron chi connectivity index (χ4n) is 1.96. The first-order valence-electron chi connectivity index (χ1n) is 5.75. The minimum Gasteiger partial charge on any atom is -0.393 e. The maximum atomic E-state index is 12.0. The van der Waals surface area contributed by atoms with Crippen LogP contribution in [0.1, 0.15) is 5.56 Å². The summed E-state index contributed by atoms with van der Waals surface area (Å²) in [5, 5.41) is 11.9. The number of rotatable bonds is 3. The van der Waals surface area contributed by atoms with Gasteiger partial charge in [0.05, 0.1) is 0 Å². The van der Waals surface area contributed by atoms with Gasteiger partial charge in [-0.05, 0) is 33.6 Å². The average Bonchev–Trinajstić information content (AvgIpc) is 2.42. The van der Waals surface area contributed by atoms with Crippen molar-refractivity contribution in [1.29, 1.82) is 5.41 Å². The van der Waals surface area contributed by atoms with Gasteiger partial charge < -0.3 is 15.3 Å². The van der Waals surface area contributed by atoms with E-state index in [2.05, 4.69) is 21.2 Å². The van der Waals surface area contributed by atoms with Crippen molar-refractivity contribution in [1.82, 2.24) is 9.88 Å². The lowest BCUT2D eigenvalue weighted by Crippen LogP contribution is -2.16. The lowest BCUT2D eigenvalue weighted by Gasteiger charge is -2.07. The largest absolute Gasteiger partial charge is 0.393 e. The maximum absolute atomic E-state index is 12.0. The Labute approximate surface area is 119 Å². The summed E-state index contributed by atoms with van der Waals surface area (Å²) in [7, 11) is 3.51. The van der Waals surface area contributed by atoms with Crippen LogP contribution in [-0.4, -0.2) is 17.8 Å². The monoisotopic (exact) mass is 319 g/mol. The number of aryl methyl sites for hydroxylation is 1. The predicted molar refractivity (Wildman–Crippen MR) is 82.7 cm³/mol. The van der Waals surface area contributed by atoms with Gasteiger partial charge in [-0.25, -0.2) is 0 Å². The Kier molecular flexibility index (Phi) is 3.85. The Morgan fingerprint density at radius 2 is 2.16 bits per heavy atom. The summed E-state index contributed by atoms with van der Waals surface area (Å²) in [6.45, 7) is 0. The van der Waals surface area contributed by atoms with Gasteiger partial charge in [0, 0.05) is 53.5 Å².